The third kappa shape index (κ3) is 7.81. The molecule has 3 rings (SSSR count). The minimum absolute atomic E-state index is 0. The summed E-state index contributed by atoms with van der Waals surface area (Å²) in [7, 11) is 0. The Bertz CT molecular complexity index is 831. The molecule has 0 aromatic heterocycles. The zero-order chi connectivity index (χ0) is 20.8. The molecule has 1 radical (unpaired) electrons. The van der Waals surface area contributed by atoms with Gasteiger partial charge in [-0.1, -0.05) is 64.1 Å². The second kappa shape index (κ2) is 16.4. The van der Waals surface area contributed by atoms with Crippen LogP contribution in [0.2, 0.25) is 0 Å². The van der Waals surface area contributed by atoms with E-state index in [1.54, 1.807) is 6.92 Å². The van der Waals surface area contributed by atoms with Crippen molar-refractivity contribution in [2.24, 2.45) is 10.2 Å². The van der Waals surface area contributed by atoms with Gasteiger partial charge in [0.05, 0.1) is 5.69 Å². The van der Waals surface area contributed by atoms with E-state index in [4.69, 9.17) is 0 Å². The number of aryl methyl sites for hydroxylation is 2. The van der Waals surface area contributed by atoms with Gasteiger partial charge in [0.1, 0.15) is 5.69 Å². The molecular formula is C24H33N2OY-. The number of aromatic hydroxyl groups is 1. The number of azo groups is 1. The van der Waals surface area contributed by atoms with E-state index >= 15 is 0 Å². The maximum absolute atomic E-state index is 10.5. The standard InChI is InChI=1S/C18H16N2O.2C2H6.C2H5.Y/c1-12-7-6-8-14-11-13(2)17(18(21)16(12)14)20-19-15-9-4-3-5-10-15;3*1-2;/h3-11,21H,1-2H3;2*1-2H3;1H2,2H3;/q;;;-1;. The van der Waals surface area contributed by atoms with Gasteiger partial charge < -0.3 is 12.0 Å². The number of phenolic OH excluding ortho intramolecular Hbond substituents is 1. The third-order valence-electron chi connectivity index (χ3n) is 3.53. The fourth-order valence-corrected chi connectivity index (χ4v) is 2.47. The average Bonchev–Trinajstić information content (AvgIpc) is 2.73. The minimum Gasteiger partial charge on any atom is -0.505 e. The Kier molecular flexibility index (Phi) is 16.8. The number of rotatable bonds is 2. The van der Waals surface area contributed by atoms with Gasteiger partial charge in [-0.2, -0.15) is 12.0 Å². The summed E-state index contributed by atoms with van der Waals surface area (Å²) in [6.07, 6.45) is 0. The van der Waals surface area contributed by atoms with Crippen LogP contribution in [0.25, 0.3) is 10.8 Å². The van der Waals surface area contributed by atoms with E-state index < -0.39 is 0 Å². The molecule has 0 amide bonds. The van der Waals surface area contributed by atoms with Crippen LogP contribution < -0.4 is 0 Å². The van der Waals surface area contributed by atoms with Crippen molar-refractivity contribution in [1.82, 2.24) is 0 Å². The van der Waals surface area contributed by atoms with Crippen LogP contribution in [0.5, 0.6) is 5.75 Å². The molecule has 3 nitrogen and oxygen atoms in total. The van der Waals surface area contributed by atoms with Crippen molar-refractivity contribution in [1.29, 1.82) is 0 Å². The first kappa shape index (κ1) is 28.6. The van der Waals surface area contributed by atoms with Gasteiger partial charge in [0, 0.05) is 38.1 Å². The molecule has 0 aliphatic heterocycles. The predicted octanol–water partition coefficient (Wildman–Crippen LogP) is 8.47. The Hall–Kier alpha value is -1.58. The molecule has 0 aliphatic rings. The van der Waals surface area contributed by atoms with Crippen molar-refractivity contribution in [2.75, 3.05) is 0 Å². The SMILES string of the molecule is CC.CC.Cc1cc2cccc(C)c2c(O)c1N=Nc1ccccc1.[CH2-]C.[Y]. The van der Waals surface area contributed by atoms with Gasteiger partial charge in [-0.3, -0.25) is 0 Å². The normalized spacial score (nSPS) is 9.14. The van der Waals surface area contributed by atoms with E-state index in [1.807, 2.05) is 96.1 Å². The Morgan fingerprint density at radius 2 is 1.32 bits per heavy atom. The number of hydrogen-bond acceptors (Lipinski definition) is 3. The molecule has 3 aromatic rings. The van der Waals surface area contributed by atoms with E-state index in [0.717, 1.165) is 27.6 Å². The largest absolute Gasteiger partial charge is 0.505 e. The van der Waals surface area contributed by atoms with Crippen LogP contribution in [-0.2, 0) is 32.7 Å². The zero-order valence-corrected chi connectivity index (χ0v) is 21.2. The number of hydrogen-bond donors (Lipinski definition) is 1. The fourth-order valence-electron chi connectivity index (χ4n) is 2.47. The summed E-state index contributed by atoms with van der Waals surface area (Å²) in [5.41, 5.74) is 3.23. The molecule has 28 heavy (non-hydrogen) atoms. The summed E-state index contributed by atoms with van der Waals surface area (Å²) < 4.78 is 0. The third-order valence-corrected chi connectivity index (χ3v) is 3.53. The summed E-state index contributed by atoms with van der Waals surface area (Å²) in [6, 6.07) is 17.5. The summed E-state index contributed by atoms with van der Waals surface area (Å²) in [6.45, 7) is 16.9. The van der Waals surface area contributed by atoms with Gasteiger partial charge >= 0.3 is 0 Å². The second-order valence-electron chi connectivity index (χ2n) is 5.10. The molecule has 0 fully saturated rings. The quantitative estimate of drug-likeness (QED) is 0.306. The molecule has 0 aliphatic carbocycles. The maximum atomic E-state index is 10.5. The second-order valence-corrected chi connectivity index (χ2v) is 5.10. The molecule has 0 spiro atoms. The molecule has 0 saturated heterocycles. The van der Waals surface area contributed by atoms with E-state index in [0.29, 0.717) is 5.69 Å². The van der Waals surface area contributed by atoms with Crippen LogP contribution in [0, 0.1) is 20.8 Å². The van der Waals surface area contributed by atoms with Crippen molar-refractivity contribution < 1.29 is 37.8 Å². The van der Waals surface area contributed by atoms with Crippen LogP contribution in [0.4, 0.5) is 11.4 Å². The van der Waals surface area contributed by atoms with Crippen molar-refractivity contribution in [2.45, 2.75) is 48.5 Å². The van der Waals surface area contributed by atoms with Crippen LogP contribution in [0.1, 0.15) is 45.7 Å². The first-order chi connectivity index (χ1) is 13.2. The molecule has 4 heteroatoms. The Labute approximate surface area is 196 Å². The first-order valence-corrected chi connectivity index (χ1v) is 9.56. The summed E-state index contributed by atoms with van der Waals surface area (Å²) >= 11 is 0. The molecule has 0 unspecified atom stereocenters. The van der Waals surface area contributed by atoms with Gasteiger partial charge in [0.2, 0.25) is 0 Å². The monoisotopic (exact) mass is 454 g/mol. The smallest absolute Gasteiger partial charge is 0.151 e. The molecular weight excluding hydrogens is 421 g/mol. The van der Waals surface area contributed by atoms with Gasteiger partial charge in [-0.15, -0.1) is 5.11 Å². The Morgan fingerprint density at radius 1 is 0.750 bits per heavy atom. The van der Waals surface area contributed by atoms with Crippen LogP contribution in [-0.4, -0.2) is 5.11 Å². The molecule has 0 saturated carbocycles. The van der Waals surface area contributed by atoms with E-state index in [2.05, 4.69) is 17.2 Å². The minimum atomic E-state index is 0. The Morgan fingerprint density at radius 3 is 1.89 bits per heavy atom. The summed E-state index contributed by atoms with van der Waals surface area (Å²) in [4.78, 5) is 0. The predicted molar refractivity (Wildman–Crippen MR) is 119 cm³/mol. The molecule has 0 bridgehead atoms. The number of benzene rings is 3. The van der Waals surface area contributed by atoms with E-state index in [9.17, 15) is 5.11 Å². The van der Waals surface area contributed by atoms with E-state index in [1.165, 1.54) is 0 Å². The van der Waals surface area contributed by atoms with Crippen LogP contribution in [0.3, 0.4) is 0 Å². The molecule has 0 atom stereocenters. The first-order valence-electron chi connectivity index (χ1n) is 9.56. The molecule has 1 N–H and O–H groups in total. The van der Waals surface area contributed by atoms with Gasteiger partial charge in [0.25, 0.3) is 0 Å². The molecule has 149 valence electrons. The molecule has 0 heterocycles. The maximum Gasteiger partial charge on any atom is 0.151 e. The average molecular weight is 454 g/mol. The van der Waals surface area contributed by atoms with Gasteiger partial charge in [-0.25, -0.2) is 0 Å². The van der Waals surface area contributed by atoms with Crippen LogP contribution >= 0.6 is 0 Å². The molecule has 3 aromatic carbocycles. The van der Waals surface area contributed by atoms with Crippen LogP contribution in [0.15, 0.2) is 64.8 Å². The Balaban J connectivity index is 0. The topological polar surface area (TPSA) is 45.0 Å². The van der Waals surface area contributed by atoms with Crippen molar-refractivity contribution in [3.63, 3.8) is 0 Å². The van der Waals surface area contributed by atoms with Gasteiger partial charge in [-0.05, 0) is 48.6 Å². The number of phenols is 1. The summed E-state index contributed by atoms with van der Waals surface area (Å²) in [5, 5.41) is 20.8. The number of nitrogens with zero attached hydrogens (tertiary/aromatic N) is 2. The zero-order valence-electron chi connectivity index (χ0n) is 18.3. The van der Waals surface area contributed by atoms with Crippen molar-refractivity contribution in [3.05, 3.63) is 72.6 Å². The number of fused-ring (bicyclic) bond motifs is 1. The fraction of sp³-hybridized carbons (Fsp3) is 0.292. The van der Waals surface area contributed by atoms with E-state index in [-0.39, 0.29) is 38.5 Å². The van der Waals surface area contributed by atoms with Crippen molar-refractivity contribution in [3.8, 4) is 5.75 Å². The summed E-state index contributed by atoms with van der Waals surface area (Å²) in [5.74, 6) is 0.197. The van der Waals surface area contributed by atoms with Crippen molar-refractivity contribution >= 4 is 22.1 Å². The van der Waals surface area contributed by atoms with Gasteiger partial charge in [0.15, 0.2) is 5.75 Å².